The summed E-state index contributed by atoms with van der Waals surface area (Å²) in [6, 6.07) is 7.81. The molecule has 0 spiro atoms. The molecule has 1 heterocycles. The first-order valence-corrected chi connectivity index (χ1v) is 4.83. The van der Waals surface area contributed by atoms with Crippen molar-refractivity contribution in [1.82, 2.24) is 0 Å². The van der Waals surface area contributed by atoms with Crippen LogP contribution < -0.4 is 5.06 Å². The highest BCUT2D eigenvalue weighted by molar-refractivity contribution is 5.59. The lowest BCUT2D eigenvalue weighted by atomic mass is 10.1. The number of fused-ring (bicyclic) bond motifs is 1. The first-order valence-electron chi connectivity index (χ1n) is 4.83. The SMILES string of the molecule is CCCC.ON1Cc2ccccc21. The molecule has 0 unspecified atom stereocenters. The van der Waals surface area contributed by atoms with E-state index in [0.29, 0.717) is 6.54 Å². The molecule has 0 saturated carbocycles. The predicted molar refractivity (Wildman–Crippen MR) is 55.0 cm³/mol. The van der Waals surface area contributed by atoms with E-state index in [9.17, 15) is 0 Å². The standard InChI is InChI=1S/C7H7NO.C4H10/c9-8-5-6-3-1-2-4-7(6)8;1-3-4-2/h1-4,9H,5H2;3-4H2,1-2H3. The molecule has 2 nitrogen and oxygen atoms in total. The first-order chi connectivity index (χ1) is 6.29. The molecule has 1 aromatic rings. The van der Waals surface area contributed by atoms with E-state index in [1.165, 1.54) is 23.5 Å². The van der Waals surface area contributed by atoms with Crippen LogP contribution in [-0.4, -0.2) is 5.21 Å². The van der Waals surface area contributed by atoms with Crippen molar-refractivity contribution in [1.29, 1.82) is 0 Å². The van der Waals surface area contributed by atoms with Crippen molar-refractivity contribution in [2.75, 3.05) is 5.06 Å². The van der Waals surface area contributed by atoms with Crippen LogP contribution in [0.25, 0.3) is 0 Å². The minimum Gasteiger partial charge on any atom is -0.288 e. The van der Waals surface area contributed by atoms with Gasteiger partial charge in [-0.15, -0.1) is 0 Å². The summed E-state index contributed by atoms with van der Waals surface area (Å²) in [7, 11) is 0. The highest BCUT2D eigenvalue weighted by Gasteiger charge is 2.18. The van der Waals surface area contributed by atoms with Gasteiger partial charge >= 0.3 is 0 Å². The van der Waals surface area contributed by atoms with Gasteiger partial charge in [0.15, 0.2) is 0 Å². The number of anilines is 1. The van der Waals surface area contributed by atoms with E-state index in [0.717, 1.165) is 5.69 Å². The minimum absolute atomic E-state index is 0.677. The van der Waals surface area contributed by atoms with Crippen molar-refractivity contribution in [3.8, 4) is 0 Å². The quantitative estimate of drug-likeness (QED) is 0.715. The van der Waals surface area contributed by atoms with Crippen molar-refractivity contribution in [2.24, 2.45) is 0 Å². The van der Waals surface area contributed by atoms with Crippen molar-refractivity contribution in [3.63, 3.8) is 0 Å². The van der Waals surface area contributed by atoms with Gasteiger partial charge in [0.25, 0.3) is 0 Å². The number of para-hydroxylation sites is 1. The van der Waals surface area contributed by atoms with Crippen molar-refractivity contribution >= 4 is 5.69 Å². The van der Waals surface area contributed by atoms with E-state index < -0.39 is 0 Å². The van der Waals surface area contributed by atoms with Gasteiger partial charge in [-0.3, -0.25) is 10.3 Å². The molecule has 0 radical (unpaired) electrons. The lowest BCUT2D eigenvalue weighted by molar-refractivity contribution is 0.230. The maximum Gasteiger partial charge on any atom is 0.0725 e. The topological polar surface area (TPSA) is 23.5 Å². The molecule has 0 amide bonds. The molecule has 2 rings (SSSR count). The van der Waals surface area contributed by atoms with Crippen LogP contribution >= 0.6 is 0 Å². The number of hydrogen-bond donors (Lipinski definition) is 1. The molecule has 72 valence electrons. The molecule has 0 aromatic heterocycles. The Morgan fingerprint density at radius 1 is 1.23 bits per heavy atom. The Morgan fingerprint density at radius 3 is 2.23 bits per heavy atom. The molecule has 1 aliphatic rings. The third-order valence-electron chi connectivity index (χ3n) is 2.09. The fourth-order valence-corrected chi connectivity index (χ4v) is 1.05. The minimum atomic E-state index is 0.677. The van der Waals surface area contributed by atoms with Crippen molar-refractivity contribution in [3.05, 3.63) is 29.8 Å². The third-order valence-corrected chi connectivity index (χ3v) is 2.09. The van der Waals surface area contributed by atoms with Gasteiger partial charge < -0.3 is 0 Å². The van der Waals surface area contributed by atoms with Gasteiger partial charge in [0.1, 0.15) is 0 Å². The molecule has 1 aliphatic heterocycles. The number of unbranched alkanes of at least 4 members (excludes halogenated alkanes) is 1. The van der Waals surface area contributed by atoms with Crippen LogP contribution in [0.4, 0.5) is 5.69 Å². The van der Waals surface area contributed by atoms with Crippen LogP contribution in [0.2, 0.25) is 0 Å². The van der Waals surface area contributed by atoms with Gasteiger partial charge in [-0.1, -0.05) is 44.9 Å². The summed E-state index contributed by atoms with van der Waals surface area (Å²) < 4.78 is 0. The monoisotopic (exact) mass is 179 g/mol. The molecular formula is C11H17NO. The predicted octanol–water partition coefficient (Wildman–Crippen LogP) is 3.20. The number of benzene rings is 1. The van der Waals surface area contributed by atoms with E-state index in [2.05, 4.69) is 13.8 Å². The zero-order chi connectivity index (χ0) is 9.68. The molecule has 0 fully saturated rings. The third kappa shape index (κ3) is 2.46. The Labute approximate surface area is 79.8 Å². The maximum absolute atomic E-state index is 8.93. The Hall–Kier alpha value is -1.02. The van der Waals surface area contributed by atoms with E-state index in [4.69, 9.17) is 5.21 Å². The highest BCUT2D eigenvalue weighted by atomic mass is 16.5. The van der Waals surface area contributed by atoms with Gasteiger partial charge in [0.2, 0.25) is 0 Å². The zero-order valence-electron chi connectivity index (χ0n) is 8.33. The molecule has 0 saturated heterocycles. The Bertz CT molecular complexity index is 258. The lowest BCUT2D eigenvalue weighted by Crippen LogP contribution is -2.27. The molecule has 13 heavy (non-hydrogen) atoms. The van der Waals surface area contributed by atoms with Crippen LogP contribution in [0.15, 0.2) is 24.3 Å². The van der Waals surface area contributed by atoms with Gasteiger partial charge in [0.05, 0.1) is 12.2 Å². The van der Waals surface area contributed by atoms with Crippen LogP contribution in [0.1, 0.15) is 32.3 Å². The van der Waals surface area contributed by atoms with Crippen molar-refractivity contribution < 1.29 is 5.21 Å². The summed E-state index contributed by atoms with van der Waals surface area (Å²) in [5.74, 6) is 0. The maximum atomic E-state index is 8.93. The highest BCUT2D eigenvalue weighted by Crippen LogP contribution is 2.29. The summed E-state index contributed by atoms with van der Waals surface area (Å²) >= 11 is 0. The van der Waals surface area contributed by atoms with Crippen LogP contribution in [0.5, 0.6) is 0 Å². The second-order valence-corrected chi connectivity index (χ2v) is 3.19. The fourth-order valence-electron chi connectivity index (χ4n) is 1.05. The van der Waals surface area contributed by atoms with Gasteiger partial charge in [-0.05, 0) is 11.6 Å². The van der Waals surface area contributed by atoms with Gasteiger partial charge in [0, 0.05) is 0 Å². The summed E-state index contributed by atoms with van der Waals surface area (Å²) in [5, 5.41) is 10.2. The summed E-state index contributed by atoms with van der Waals surface area (Å²) in [6.07, 6.45) is 2.64. The number of nitrogens with zero attached hydrogens (tertiary/aromatic N) is 1. The largest absolute Gasteiger partial charge is 0.288 e. The first kappa shape index (κ1) is 10.1. The molecule has 0 aliphatic carbocycles. The van der Waals surface area contributed by atoms with Crippen LogP contribution in [0, 0.1) is 0 Å². The van der Waals surface area contributed by atoms with Crippen molar-refractivity contribution in [2.45, 2.75) is 33.2 Å². The van der Waals surface area contributed by atoms with Gasteiger partial charge in [-0.2, -0.15) is 0 Å². The van der Waals surface area contributed by atoms with Crippen LogP contribution in [-0.2, 0) is 6.54 Å². The number of rotatable bonds is 1. The number of hydroxylamine groups is 1. The van der Waals surface area contributed by atoms with E-state index in [1.807, 2.05) is 24.3 Å². The fraction of sp³-hybridized carbons (Fsp3) is 0.455. The summed E-state index contributed by atoms with van der Waals surface area (Å²) in [4.78, 5) is 0. The Kier molecular flexibility index (Phi) is 3.77. The van der Waals surface area contributed by atoms with E-state index in [1.54, 1.807) is 0 Å². The normalized spacial score (nSPS) is 12.4. The summed E-state index contributed by atoms with van der Waals surface area (Å²) in [6.45, 7) is 5.04. The molecule has 0 atom stereocenters. The number of hydrogen-bond acceptors (Lipinski definition) is 2. The van der Waals surface area contributed by atoms with Crippen LogP contribution in [0.3, 0.4) is 0 Å². The van der Waals surface area contributed by atoms with E-state index in [-0.39, 0.29) is 0 Å². The Balaban J connectivity index is 0.000000184. The molecule has 1 N–H and O–H groups in total. The molecule has 1 aromatic carbocycles. The average molecular weight is 179 g/mol. The lowest BCUT2D eigenvalue weighted by Gasteiger charge is -2.29. The molecular weight excluding hydrogens is 162 g/mol. The zero-order valence-corrected chi connectivity index (χ0v) is 8.33. The Morgan fingerprint density at radius 2 is 1.85 bits per heavy atom. The second-order valence-electron chi connectivity index (χ2n) is 3.19. The summed E-state index contributed by atoms with van der Waals surface area (Å²) in [5.41, 5.74) is 2.16. The molecule has 2 heteroatoms. The average Bonchev–Trinajstić information content (AvgIpc) is 2.17. The van der Waals surface area contributed by atoms with Gasteiger partial charge in [-0.25, -0.2) is 0 Å². The van der Waals surface area contributed by atoms with E-state index >= 15 is 0 Å². The molecule has 0 bridgehead atoms. The smallest absolute Gasteiger partial charge is 0.0725 e. The second kappa shape index (κ2) is 4.87.